The smallest absolute Gasteiger partial charge is 0.258 e. The highest BCUT2D eigenvalue weighted by Crippen LogP contribution is 2.13. The molecule has 0 spiro atoms. The molecule has 7 heteroatoms. The van der Waals surface area contributed by atoms with Gasteiger partial charge in [0.2, 0.25) is 0 Å². The predicted octanol–water partition coefficient (Wildman–Crippen LogP) is 1.38. The first-order chi connectivity index (χ1) is 9.01. The van der Waals surface area contributed by atoms with Crippen molar-refractivity contribution >= 4 is 10.0 Å². The minimum absolute atomic E-state index is 0.0692. The van der Waals surface area contributed by atoms with Crippen molar-refractivity contribution in [3.8, 4) is 0 Å². The van der Waals surface area contributed by atoms with Gasteiger partial charge in [-0.15, -0.1) is 0 Å². The van der Waals surface area contributed by atoms with Gasteiger partial charge in [-0.25, -0.2) is 13.1 Å². The van der Waals surface area contributed by atoms with E-state index in [9.17, 15) is 8.42 Å². The predicted molar refractivity (Wildman–Crippen MR) is 75.3 cm³/mol. The van der Waals surface area contributed by atoms with Crippen LogP contribution in [0.2, 0.25) is 0 Å². The van der Waals surface area contributed by atoms with Crippen molar-refractivity contribution in [3.05, 3.63) is 11.8 Å². The van der Waals surface area contributed by atoms with E-state index in [0.29, 0.717) is 12.1 Å². The molecule has 3 N–H and O–H groups in total. The van der Waals surface area contributed by atoms with Crippen LogP contribution in [0.15, 0.2) is 11.2 Å². The van der Waals surface area contributed by atoms with E-state index in [-0.39, 0.29) is 11.1 Å². The molecule has 0 aromatic carbocycles. The van der Waals surface area contributed by atoms with E-state index in [1.54, 1.807) is 6.20 Å². The van der Waals surface area contributed by atoms with E-state index < -0.39 is 10.0 Å². The lowest BCUT2D eigenvalue weighted by atomic mass is 10.2. The lowest BCUT2D eigenvalue weighted by Crippen LogP contribution is -2.33. The highest BCUT2D eigenvalue weighted by Gasteiger charge is 2.22. The quantitative estimate of drug-likeness (QED) is 0.640. The standard InChI is InChI=1S/C12H24N4O2S/c1-4-6-7-10(3)16-19(17,18)12-11(8-13-5-2)9-14-15-12/h9-10,13,16H,4-8H2,1-3H3,(H,14,15). The number of nitrogens with zero attached hydrogens (tertiary/aromatic N) is 1. The Balaban J connectivity index is 2.74. The molecule has 0 aliphatic heterocycles. The summed E-state index contributed by atoms with van der Waals surface area (Å²) >= 11 is 0. The number of nitrogens with one attached hydrogen (secondary N) is 3. The lowest BCUT2D eigenvalue weighted by Gasteiger charge is -2.13. The largest absolute Gasteiger partial charge is 0.313 e. The molecule has 1 heterocycles. The van der Waals surface area contributed by atoms with Gasteiger partial charge in [0, 0.05) is 18.2 Å². The maximum Gasteiger partial charge on any atom is 0.258 e. The van der Waals surface area contributed by atoms with Crippen molar-refractivity contribution in [2.24, 2.45) is 0 Å². The summed E-state index contributed by atoms with van der Waals surface area (Å²) in [6.45, 7) is 7.22. The SMILES string of the molecule is CCCCC(C)NS(=O)(=O)c1[nH]ncc1CNCC. The molecule has 0 radical (unpaired) electrons. The zero-order valence-electron chi connectivity index (χ0n) is 11.9. The number of hydrogen-bond acceptors (Lipinski definition) is 4. The van der Waals surface area contributed by atoms with Crippen molar-refractivity contribution in [2.45, 2.75) is 57.6 Å². The monoisotopic (exact) mass is 288 g/mol. The number of hydrogen-bond donors (Lipinski definition) is 3. The van der Waals surface area contributed by atoms with Gasteiger partial charge in [-0.05, 0) is 19.9 Å². The van der Waals surface area contributed by atoms with Gasteiger partial charge in [0.05, 0.1) is 6.20 Å². The fourth-order valence-electron chi connectivity index (χ4n) is 1.81. The summed E-state index contributed by atoms with van der Waals surface area (Å²) in [5, 5.41) is 9.66. The van der Waals surface area contributed by atoms with E-state index in [0.717, 1.165) is 25.8 Å². The molecular weight excluding hydrogens is 264 g/mol. The molecule has 1 atom stereocenters. The van der Waals surface area contributed by atoms with Crippen molar-refractivity contribution in [1.82, 2.24) is 20.2 Å². The number of H-pyrrole nitrogens is 1. The molecule has 0 bridgehead atoms. The van der Waals surface area contributed by atoms with Gasteiger partial charge in [0.1, 0.15) is 0 Å². The zero-order valence-corrected chi connectivity index (χ0v) is 12.7. The molecule has 6 nitrogen and oxygen atoms in total. The minimum Gasteiger partial charge on any atom is -0.313 e. The van der Waals surface area contributed by atoms with Crippen LogP contribution in [0, 0.1) is 0 Å². The molecule has 0 aliphatic rings. The van der Waals surface area contributed by atoms with Gasteiger partial charge < -0.3 is 5.32 Å². The number of aromatic nitrogens is 2. The van der Waals surface area contributed by atoms with Crippen molar-refractivity contribution in [1.29, 1.82) is 0 Å². The van der Waals surface area contributed by atoms with Gasteiger partial charge in [0.25, 0.3) is 10.0 Å². The first kappa shape index (κ1) is 16.1. The summed E-state index contributed by atoms with van der Waals surface area (Å²) in [7, 11) is -3.52. The average Bonchev–Trinajstić information content (AvgIpc) is 2.82. The van der Waals surface area contributed by atoms with Gasteiger partial charge in [-0.1, -0.05) is 26.7 Å². The summed E-state index contributed by atoms with van der Waals surface area (Å²) in [6.07, 6.45) is 4.46. The molecule has 1 aromatic heterocycles. The topological polar surface area (TPSA) is 86.9 Å². The van der Waals surface area contributed by atoms with Crippen molar-refractivity contribution < 1.29 is 8.42 Å². The third kappa shape index (κ3) is 4.93. The summed E-state index contributed by atoms with van der Waals surface area (Å²) in [6, 6.07) is -0.0692. The molecule has 0 saturated heterocycles. The van der Waals surface area contributed by atoms with Crippen LogP contribution in [0.25, 0.3) is 0 Å². The fraction of sp³-hybridized carbons (Fsp3) is 0.750. The van der Waals surface area contributed by atoms with E-state index in [1.807, 2.05) is 13.8 Å². The summed E-state index contributed by atoms with van der Waals surface area (Å²) in [5.74, 6) is 0. The molecule has 1 rings (SSSR count). The number of sulfonamides is 1. The maximum absolute atomic E-state index is 12.2. The van der Waals surface area contributed by atoms with Crippen LogP contribution >= 0.6 is 0 Å². The van der Waals surface area contributed by atoms with Gasteiger partial charge in [-0.3, -0.25) is 5.10 Å². The Labute approximate surface area is 115 Å². The highest BCUT2D eigenvalue weighted by atomic mass is 32.2. The summed E-state index contributed by atoms with van der Waals surface area (Å²) in [4.78, 5) is 0. The van der Waals surface area contributed by atoms with Gasteiger partial charge in [0.15, 0.2) is 5.03 Å². The molecule has 0 aliphatic carbocycles. The normalized spacial score (nSPS) is 13.6. The molecular formula is C12H24N4O2S. The first-order valence-electron chi connectivity index (χ1n) is 6.76. The van der Waals surface area contributed by atoms with E-state index >= 15 is 0 Å². The zero-order chi connectivity index (χ0) is 14.3. The summed E-state index contributed by atoms with van der Waals surface area (Å²) < 4.78 is 27.2. The van der Waals surface area contributed by atoms with Crippen molar-refractivity contribution in [2.75, 3.05) is 6.54 Å². The van der Waals surface area contributed by atoms with Crippen LogP contribution in [-0.4, -0.2) is 31.2 Å². The molecule has 110 valence electrons. The molecule has 0 amide bonds. The third-order valence-electron chi connectivity index (χ3n) is 2.86. The second-order valence-electron chi connectivity index (χ2n) is 4.67. The second-order valence-corrected chi connectivity index (χ2v) is 6.32. The number of aromatic amines is 1. The second kappa shape index (κ2) is 7.62. The Morgan fingerprint density at radius 2 is 2.16 bits per heavy atom. The lowest BCUT2D eigenvalue weighted by molar-refractivity contribution is 0.530. The van der Waals surface area contributed by atoms with Crippen LogP contribution in [-0.2, 0) is 16.6 Å². The Morgan fingerprint density at radius 3 is 2.79 bits per heavy atom. The minimum atomic E-state index is -3.52. The van der Waals surface area contributed by atoms with Crippen LogP contribution in [0.5, 0.6) is 0 Å². The molecule has 1 unspecified atom stereocenters. The molecule has 1 aromatic rings. The Bertz CT molecular complexity index is 470. The highest BCUT2D eigenvalue weighted by molar-refractivity contribution is 7.89. The van der Waals surface area contributed by atoms with Gasteiger partial charge in [-0.2, -0.15) is 5.10 Å². The van der Waals surface area contributed by atoms with Crippen molar-refractivity contribution in [3.63, 3.8) is 0 Å². The molecule has 0 fully saturated rings. The number of unbranched alkanes of at least 4 members (excludes halogenated alkanes) is 1. The summed E-state index contributed by atoms with van der Waals surface area (Å²) in [5.41, 5.74) is 0.664. The fourth-order valence-corrected chi connectivity index (χ4v) is 3.22. The van der Waals surface area contributed by atoms with Crippen LogP contribution in [0.1, 0.15) is 45.6 Å². The first-order valence-corrected chi connectivity index (χ1v) is 8.24. The number of rotatable bonds is 9. The van der Waals surface area contributed by atoms with E-state index in [4.69, 9.17) is 0 Å². The van der Waals surface area contributed by atoms with Crippen LogP contribution in [0.4, 0.5) is 0 Å². The van der Waals surface area contributed by atoms with E-state index in [2.05, 4.69) is 27.2 Å². The molecule has 19 heavy (non-hydrogen) atoms. The van der Waals surface area contributed by atoms with Crippen LogP contribution < -0.4 is 10.0 Å². The Morgan fingerprint density at radius 1 is 1.42 bits per heavy atom. The maximum atomic E-state index is 12.2. The Kier molecular flexibility index (Phi) is 6.47. The van der Waals surface area contributed by atoms with E-state index in [1.165, 1.54) is 0 Å². The van der Waals surface area contributed by atoms with Gasteiger partial charge >= 0.3 is 0 Å². The third-order valence-corrected chi connectivity index (χ3v) is 4.46. The average molecular weight is 288 g/mol. The van der Waals surface area contributed by atoms with Crippen LogP contribution in [0.3, 0.4) is 0 Å². The Hall–Kier alpha value is -0.920. The molecule has 0 saturated carbocycles.